The van der Waals surface area contributed by atoms with Crippen molar-refractivity contribution >= 4 is 51.1 Å². The lowest BCUT2D eigenvalue weighted by molar-refractivity contribution is -0.139. The van der Waals surface area contributed by atoms with Crippen molar-refractivity contribution in [1.82, 2.24) is 20.3 Å². The van der Waals surface area contributed by atoms with Crippen molar-refractivity contribution in [1.29, 1.82) is 0 Å². The zero-order valence-corrected chi connectivity index (χ0v) is 27.3. The molecular weight excluding hydrogens is 648 g/mol. The Balaban J connectivity index is 1.42. The zero-order chi connectivity index (χ0) is 34.7. The second kappa shape index (κ2) is 14.2. The van der Waals surface area contributed by atoms with Gasteiger partial charge in [-0.3, -0.25) is 18.6 Å². The van der Waals surface area contributed by atoms with Gasteiger partial charge in [0, 0.05) is 22.8 Å². The third-order valence-corrected chi connectivity index (χ3v) is 8.88. The number of nitrogens with one attached hydrogen (secondary N) is 4. The van der Waals surface area contributed by atoms with Gasteiger partial charge in [0.15, 0.2) is 0 Å². The van der Waals surface area contributed by atoms with Crippen LogP contribution < -0.4 is 21.5 Å². The number of aromatic nitrogens is 2. The molecule has 2 atom stereocenters. The maximum absolute atomic E-state index is 13.9. The van der Waals surface area contributed by atoms with Gasteiger partial charge in [0.2, 0.25) is 11.8 Å². The Morgan fingerprint density at radius 2 is 1.73 bits per heavy atom. The highest BCUT2D eigenvalue weighted by atomic mass is 32.2. The number of nitrogens with zero attached hydrogens (tertiary/aromatic N) is 2. The Morgan fingerprint density at radius 1 is 0.980 bits per heavy atom. The molecule has 14 heteroatoms. The molecule has 2 amide bonds. The van der Waals surface area contributed by atoms with E-state index in [9.17, 15) is 27.9 Å². The number of hydrogen-bond donors (Lipinski definition) is 4. The summed E-state index contributed by atoms with van der Waals surface area (Å²) in [5, 5.41) is 10.4. The molecule has 2 aliphatic rings. The molecule has 4 bridgehead atoms. The molecule has 0 aliphatic carbocycles. The van der Waals surface area contributed by atoms with Crippen LogP contribution in [-0.2, 0) is 38.6 Å². The lowest BCUT2D eigenvalue weighted by atomic mass is 9.94. The maximum Gasteiger partial charge on any atom is 0.357 e. The first kappa shape index (κ1) is 33.2. The highest BCUT2D eigenvalue weighted by Gasteiger charge is 2.25. The Bertz CT molecular complexity index is 2150. The fourth-order valence-electron chi connectivity index (χ4n) is 5.71. The summed E-state index contributed by atoms with van der Waals surface area (Å²) in [6.07, 6.45) is 1.31. The predicted molar refractivity (Wildman–Crippen MR) is 181 cm³/mol. The van der Waals surface area contributed by atoms with Crippen molar-refractivity contribution in [3.05, 3.63) is 129 Å². The topological polar surface area (TPSA) is 186 Å². The molecular formula is C35H31N6O7S-. The van der Waals surface area contributed by atoms with Crippen molar-refractivity contribution in [2.45, 2.75) is 37.9 Å². The largest absolute Gasteiger partial charge is 0.768 e. The molecule has 49 heavy (non-hydrogen) atoms. The van der Waals surface area contributed by atoms with Crippen LogP contribution in [0.2, 0.25) is 0 Å². The molecule has 7 rings (SSSR count). The Kier molecular flexibility index (Phi) is 9.62. The second-order valence-corrected chi connectivity index (χ2v) is 12.4. The van der Waals surface area contributed by atoms with Crippen molar-refractivity contribution in [3.8, 4) is 0 Å². The van der Waals surface area contributed by atoms with Gasteiger partial charge in [0.25, 0.3) is 5.56 Å². The first-order chi connectivity index (χ1) is 23.5. The molecule has 2 aliphatic heterocycles. The van der Waals surface area contributed by atoms with Crippen LogP contribution in [0.4, 0.5) is 11.4 Å². The number of rotatable bonds is 5. The lowest BCUT2D eigenvalue weighted by Gasteiger charge is -2.26. The highest BCUT2D eigenvalue weighted by molar-refractivity contribution is 7.79. The molecule has 13 nitrogen and oxygen atoms in total. The van der Waals surface area contributed by atoms with Gasteiger partial charge in [-0.1, -0.05) is 30.3 Å². The van der Waals surface area contributed by atoms with Gasteiger partial charge in [-0.05, 0) is 101 Å². The van der Waals surface area contributed by atoms with Crippen LogP contribution in [0.1, 0.15) is 44.2 Å². The standard InChI is InChI=1S/C35H32N6O7S/c1-20-12-23-13-21(2)28(20)17-41(48-35(45)22-6-4-3-5-7-22)18-31(42)39-25-9-11-30(49(46)47)24(14-25)16-36-34(44)32(23)40-26-8-10-29-27(15-26)33(43)38-19-37-29/h3-15,19,32,40H,16-18H2,1-2H3,(H,36,44)(H,39,42)(H,46,47)(H,37,38,43)/p-1. The maximum atomic E-state index is 13.9. The molecule has 3 heterocycles. The van der Waals surface area contributed by atoms with E-state index < -0.39 is 34.9 Å². The van der Waals surface area contributed by atoms with Crippen LogP contribution >= 0.6 is 0 Å². The third-order valence-electron chi connectivity index (χ3n) is 8.12. The minimum atomic E-state index is -2.64. The number of hydrogen-bond acceptors (Lipinski definition) is 10. The smallest absolute Gasteiger partial charge is 0.357 e. The average Bonchev–Trinajstić information content (AvgIpc) is 3.07. The van der Waals surface area contributed by atoms with E-state index in [2.05, 4.69) is 25.9 Å². The van der Waals surface area contributed by atoms with Crippen LogP contribution in [0.5, 0.6) is 0 Å². The Hall–Kier alpha value is -5.70. The van der Waals surface area contributed by atoms with Gasteiger partial charge in [-0.2, -0.15) is 0 Å². The van der Waals surface area contributed by atoms with Gasteiger partial charge < -0.3 is 30.3 Å². The van der Waals surface area contributed by atoms with Gasteiger partial charge in [-0.15, -0.1) is 5.06 Å². The van der Waals surface area contributed by atoms with E-state index in [0.717, 1.165) is 16.7 Å². The summed E-state index contributed by atoms with van der Waals surface area (Å²) in [5.41, 5.74) is 4.32. The second-order valence-electron chi connectivity index (χ2n) is 11.5. The monoisotopic (exact) mass is 679 g/mol. The molecule has 2 unspecified atom stereocenters. The number of anilines is 2. The molecule has 0 saturated carbocycles. The molecule has 5 aromatic rings. The number of aromatic amines is 1. The third kappa shape index (κ3) is 7.56. The number of fused-ring (bicyclic) bond motifs is 10. The number of benzene rings is 4. The molecule has 1 aromatic heterocycles. The fourth-order valence-corrected chi connectivity index (χ4v) is 6.24. The molecule has 0 spiro atoms. The lowest BCUT2D eigenvalue weighted by Crippen LogP contribution is -2.36. The van der Waals surface area contributed by atoms with Crippen LogP contribution in [0, 0.1) is 13.8 Å². The fraction of sp³-hybridized carbons (Fsp3) is 0.171. The number of hydroxylamine groups is 2. The predicted octanol–water partition coefficient (Wildman–Crippen LogP) is 3.77. The molecule has 4 aromatic carbocycles. The minimum Gasteiger partial charge on any atom is -0.768 e. The van der Waals surface area contributed by atoms with E-state index in [1.807, 2.05) is 26.0 Å². The summed E-state index contributed by atoms with van der Waals surface area (Å²) in [6.45, 7) is 3.24. The molecule has 0 fully saturated rings. The van der Waals surface area contributed by atoms with Gasteiger partial charge in [0.05, 0.1) is 29.3 Å². The van der Waals surface area contributed by atoms with Gasteiger partial charge >= 0.3 is 5.97 Å². The zero-order valence-electron chi connectivity index (χ0n) is 26.4. The molecule has 0 saturated heterocycles. The SMILES string of the molecule is Cc1cc2cc(C)c1CN(OC(=O)c1ccccc1)CC(=O)Nc1ccc(S(=O)[O-])c(c1)CNC(=O)C2Nc1ccc2nc[nH]c(=O)c2c1. The van der Waals surface area contributed by atoms with Crippen molar-refractivity contribution in [2.24, 2.45) is 0 Å². The Labute approximate surface area is 283 Å². The van der Waals surface area contributed by atoms with E-state index in [0.29, 0.717) is 27.7 Å². The quantitative estimate of drug-likeness (QED) is 0.199. The first-order valence-corrected chi connectivity index (χ1v) is 16.3. The highest BCUT2D eigenvalue weighted by Crippen LogP contribution is 2.28. The van der Waals surface area contributed by atoms with Gasteiger partial charge in [0.1, 0.15) is 12.6 Å². The van der Waals surface area contributed by atoms with Crippen molar-refractivity contribution in [2.75, 3.05) is 17.2 Å². The molecule has 4 N–H and O–H groups in total. The summed E-state index contributed by atoms with van der Waals surface area (Å²) in [6, 6.07) is 20.2. The van der Waals surface area contributed by atoms with Crippen LogP contribution in [0.15, 0.2) is 94.9 Å². The van der Waals surface area contributed by atoms with Crippen molar-refractivity contribution < 1.29 is 28.0 Å². The number of carbonyl (C=O) groups is 3. The van der Waals surface area contributed by atoms with Crippen LogP contribution in [-0.4, -0.2) is 48.1 Å². The van der Waals surface area contributed by atoms with Crippen LogP contribution in [0.25, 0.3) is 10.9 Å². The Morgan fingerprint density at radius 3 is 2.47 bits per heavy atom. The summed E-state index contributed by atoms with van der Waals surface area (Å²) in [7, 11) is 0. The van der Waals surface area contributed by atoms with E-state index in [1.54, 1.807) is 48.5 Å². The molecule has 0 radical (unpaired) electrons. The summed E-state index contributed by atoms with van der Waals surface area (Å²) in [5.74, 6) is -1.64. The normalized spacial score (nSPS) is 16.1. The summed E-state index contributed by atoms with van der Waals surface area (Å²) >= 11 is -2.64. The molecule has 250 valence electrons. The van der Waals surface area contributed by atoms with E-state index in [4.69, 9.17) is 4.84 Å². The van der Waals surface area contributed by atoms with E-state index in [-0.39, 0.29) is 41.3 Å². The van der Waals surface area contributed by atoms with E-state index in [1.165, 1.54) is 29.6 Å². The average molecular weight is 680 g/mol. The number of amides is 2. The minimum absolute atomic E-state index is 0.0496. The van der Waals surface area contributed by atoms with E-state index >= 15 is 0 Å². The van der Waals surface area contributed by atoms with Gasteiger partial charge in [-0.25, -0.2) is 9.78 Å². The number of aryl methyl sites for hydroxylation is 2. The van der Waals surface area contributed by atoms with Crippen LogP contribution in [0.3, 0.4) is 0 Å². The summed E-state index contributed by atoms with van der Waals surface area (Å²) < 4.78 is 24.2. The number of H-pyrrole nitrogens is 1. The van der Waals surface area contributed by atoms with Crippen molar-refractivity contribution in [3.63, 3.8) is 0 Å². The summed E-state index contributed by atoms with van der Waals surface area (Å²) in [4.78, 5) is 65.2. The number of carbonyl (C=O) groups excluding carboxylic acids is 3. The first-order valence-electron chi connectivity index (χ1n) is 15.2.